The number of amides is 1. The topological polar surface area (TPSA) is 61.4 Å². The minimum atomic E-state index is -1.00. The van der Waals surface area contributed by atoms with Crippen molar-refractivity contribution >= 4 is 33.5 Å². The number of nitrogens with one attached hydrogen (secondary N) is 1. The molecule has 1 atom stereocenters. The molecule has 0 spiro atoms. The molecule has 3 aromatic carbocycles. The van der Waals surface area contributed by atoms with Crippen LogP contribution in [-0.2, 0) is 21.4 Å². The molecule has 0 saturated carbocycles. The molecule has 1 amide bonds. The van der Waals surface area contributed by atoms with Crippen LogP contribution in [0, 0.1) is 0 Å². The van der Waals surface area contributed by atoms with Gasteiger partial charge in [0.25, 0.3) is 0 Å². The highest BCUT2D eigenvalue weighted by Gasteiger charge is 2.38. The predicted molar refractivity (Wildman–Crippen MR) is 118 cm³/mol. The third-order valence-corrected chi connectivity index (χ3v) is 6.90. The second-order valence-corrected chi connectivity index (χ2v) is 9.47. The van der Waals surface area contributed by atoms with E-state index >= 15 is 0 Å². The van der Waals surface area contributed by atoms with Gasteiger partial charge in [0.2, 0.25) is 5.91 Å². The molecule has 0 saturated heterocycles. The van der Waals surface area contributed by atoms with Gasteiger partial charge in [0.1, 0.15) is 11.5 Å². The van der Waals surface area contributed by atoms with Gasteiger partial charge in [-0.1, -0.05) is 24.3 Å². The molecule has 1 aliphatic rings. The summed E-state index contributed by atoms with van der Waals surface area (Å²) in [5.74, 6) is 1.40. The molecule has 1 unspecified atom stereocenters. The summed E-state index contributed by atoms with van der Waals surface area (Å²) in [5, 5.41) is 5.18. The van der Waals surface area contributed by atoms with E-state index in [-0.39, 0.29) is 5.91 Å². The Bertz CT molecular complexity index is 1050. The van der Waals surface area contributed by atoms with Crippen LogP contribution in [0.3, 0.4) is 0 Å². The number of fused-ring (bicyclic) bond motifs is 2. The monoisotopic (exact) mass is 407 g/mol. The summed E-state index contributed by atoms with van der Waals surface area (Å²) in [6.07, 6.45) is 1.66. The van der Waals surface area contributed by atoms with Gasteiger partial charge in [0.05, 0.1) is 12.0 Å². The molecule has 5 heteroatoms. The molecular weight excluding hydrogens is 382 g/mol. The Balaban J connectivity index is 1.27. The minimum Gasteiger partial charge on any atom is -0.611 e. The minimum absolute atomic E-state index is 0.0146. The van der Waals surface area contributed by atoms with Crippen LogP contribution in [0.1, 0.15) is 32.3 Å². The van der Waals surface area contributed by atoms with Crippen LogP contribution in [0.25, 0.3) is 10.8 Å². The molecule has 150 valence electrons. The maximum Gasteiger partial charge on any atom is 0.234 e. The van der Waals surface area contributed by atoms with Crippen molar-refractivity contribution in [2.45, 2.75) is 37.0 Å². The van der Waals surface area contributed by atoms with Gasteiger partial charge in [-0.3, -0.25) is 4.79 Å². The molecule has 1 N–H and O–H groups in total. The quantitative estimate of drug-likeness (QED) is 0.441. The Morgan fingerprint density at radius 3 is 2.62 bits per heavy atom. The second-order valence-electron chi connectivity index (χ2n) is 7.90. The van der Waals surface area contributed by atoms with E-state index in [1.807, 2.05) is 68.4 Å². The maximum absolute atomic E-state index is 12.6. The van der Waals surface area contributed by atoms with Gasteiger partial charge < -0.3 is 14.6 Å². The zero-order valence-corrected chi connectivity index (χ0v) is 17.6. The number of ether oxygens (including phenoxy) is 1. The van der Waals surface area contributed by atoms with Crippen molar-refractivity contribution in [1.29, 1.82) is 0 Å². The van der Waals surface area contributed by atoms with Crippen LogP contribution in [0.15, 0.2) is 65.6 Å². The molecule has 29 heavy (non-hydrogen) atoms. The van der Waals surface area contributed by atoms with Crippen molar-refractivity contribution in [3.8, 4) is 5.75 Å². The molecule has 0 radical (unpaired) electrons. The Labute approximate surface area is 174 Å². The van der Waals surface area contributed by atoms with Gasteiger partial charge >= 0.3 is 0 Å². The highest BCUT2D eigenvalue weighted by molar-refractivity contribution is 7.91. The lowest BCUT2D eigenvalue weighted by Gasteiger charge is -2.16. The number of rotatable bonds is 7. The number of anilines is 1. The van der Waals surface area contributed by atoms with Crippen LogP contribution in [0.4, 0.5) is 5.69 Å². The van der Waals surface area contributed by atoms with Gasteiger partial charge in [-0.25, -0.2) is 0 Å². The number of unbranched alkanes of at least 4 members (excludes halogenated alkanes) is 1. The summed E-state index contributed by atoms with van der Waals surface area (Å²) in [6.45, 7) is 4.40. The van der Waals surface area contributed by atoms with E-state index in [1.165, 1.54) is 0 Å². The Kier molecular flexibility index (Phi) is 5.52. The molecular formula is C24H25NO3S. The smallest absolute Gasteiger partial charge is 0.234 e. The first kappa shape index (κ1) is 19.8. The summed E-state index contributed by atoms with van der Waals surface area (Å²) in [5.41, 5.74) is 1.29. The van der Waals surface area contributed by atoms with E-state index in [0.29, 0.717) is 12.4 Å². The highest BCUT2D eigenvalue weighted by Crippen LogP contribution is 2.39. The molecule has 0 bridgehead atoms. The average Bonchev–Trinajstić information content (AvgIpc) is 2.95. The SMILES string of the molecule is CC1(C)C(=O)Nc2ccc(OCCCC[S+]([O-])c3ccc4ccccc4c3)cc21. The predicted octanol–water partition coefficient (Wildman–Crippen LogP) is 5.04. The highest BCUT2D eigenvalue weighted by atomic mass is 32.2. The fourth-order valence-electron chi connectivity index (χ4n) is 3.59. The largest absolute Gasteiger partial charge is 0.611 e. The first-order valence-electron chi connectivity index (χ1n) is 9.91. The van der Waals surface area contributed by atoms with E-state index in [9.17, 15) is 9.35 Å². The molecule has 1 aliphatic heterocycles. The van der Waals surface area contributed by atoms with E-state index in [2.05, 4.69) is 11.4 Å². The fourth-order valence-corrected chi connectivity index (χ4v) is 4.77. The van der Waals surface area contributed by atoms with Gasteiger partial charge in [-0.2, -0.15) is 0 Å². The van der Waals surface area contributed by atoms with Gasteiger partial charge in [0, 0.05) is 11.8 Å². The van der Waals surface area contributed by atoms with Gasteiger partial charge in [-0.05, 0) is 84.5 Å². The molecule has 4 nitrogen and oxygen atoms in total. The van der Waals surface area contributed by atoms with Gasteiger partial charge in [0.15, 0.2) is 4.90 Å². The Morgan fingerprint density at radius 2 is 1.79 bits per heavy atom. The van der Waals surface area contributed by atoms with E-state index < -0.39 is 16.6 Å². The molecule has 4 rings (SSSR count). The standard InChI is InChI=1S/C24H25NO3S/c1-24(2)21-16-19(10-12-22(21)25-23(24)26)28-13-5-6-14-29(27)20-11-9-17-7-3-4-8-18(17)15-20/h3-4,7-12,15-16H,5-6,13-14H2,1-2H3,(H,25,26). The number of benzene rings is 3. The van der Waals surface area contributed by atoms with Crippen molar-refractivity contribution in [3.63, 3.8) is 0 Å². The van der Waals surface area contributed by atoms with Crippen molar-refractivity contribution < 1.29 is 14.1 Å². The number of hydrogen-bond acceptors (Lipinski definition) is 3. The molecule has 0 aromatic heterocycles. The van der Waals surface area contributed by atoms with E-state index in [0.717, 1.165) is 45.5 Å². The number of carbonyl (C=O) groups excluding carboxylic acids is 1. The Hall–Kier alpha value is -2.50. The van der Waals surface area contributed by atoms with Crippen LogP contribution in [0.2, 0.25) is 0 Å². The third-order valence-electron chi connectivity index (χ3n) is 5.46. The van der Waals surface area contributed by atoms with Gasteiger partial charge in [-0.15, -0.1) is 0 Å². The summed E-state index contributed by atoms with van der Waals surface area (Å²) in [6, 6.07) is 19.8. The summed E-state index contributed by atoms with van der Waals surface area (Å²) >= 11 is -1.00. The average molecular weight is 408 g/mol. The van der Waals surface area contributed by atoms with E-state index in [4.69, 9.17) is 4.74 Å². The zero-order valence-electron chi connectivity index (χ0n) is 16.7. The molecule has 0 fully saturated rings. The zero-order chi connectivity index (χ0) is 20.4. The molecule has 3 aromatic rings. The normalized spacial score (nSPS) is 15.8. The van der Waals surface area contributed by atoms with Crippen LogP contribution in [0.5, 0.6) is 5.75 Å². The third kappa shape index (κ3) is 4.11. The summed E-state index contributed by atoms with van der Waals surface area (Å²) in [4.78, 5) is 12.9. The molecule has 0 aliphatic carbocycles. The van der Waals surface area contributed by atoms with Crippen molar-refractivity contribution in [2.75, 3.05) is 17.7 Å². The number of hydrogen-bond donors (Lipinski definition) is 1. The first-order valence-corrected chi connectivity index (χ1v) is 11.2. The Morgan fingerprint density at radius 1 is 1.00 bits per heavy atom. The molecule has 1 heterocycles. The second kappa shape index (κ2) is 8.09. The van der Waals surface area contributed by atoms with E-state index in [1.54, 1.807) is 0 Å². The summed E-state index contributed by atoms with van der Waals surface area (Å²) in [7, 11) is 0. The lowest BCUT2D eigenvalue weighted by Crippen LogP contribution is -2.26. The van der Waals surface area contributed by atoms with Crippen LogP contribution in [-0.4, -0.2) is 22.8 Å². The van der Waals surface area contributed by atoms with Crippen molar-refractivity contribution in [1.82, 2.24) is 0 Å². The van der Waals surface area contributed by atoms with Crippen LogP contribution < -0.4 is 10.1 Å². The van der Waals surface area contributed by atoms with Crippen LogP contribution >= 0.6 is 0 Å². The number of carbonyl (C=O) groups is 1. The lowest BCUT2D eigenvalue weighted by molar-refractivity contribution is -0.119. The fraction of sp³-hybridized carbons (Fsp3) is 0.292. The first-order chi connectivity index (χ1) is 13.9. The van der Waals surface area contributed by atoms with Crippen molar-refractivity contribution in [2.24, 2.45) is 0 Å². The summed E-state index contributed by atoms with van der Waals surface area (Å²) < 4.78 is 18.5. The van der Waals surface area contributed by atoms with Crippen molar-refractivity contribution in [3.05, 3.63) is 66.2 Å². The maximum atomic E-state index is 12.6. The lowest BCUT2D eigenvalue weighted by atomic mass is 9.86.